The quantitative estimate of drug-likeness (QED) is 0.236. The van der Waals surface area contributed by atoms with Crippen LogP contribution in [0.5, 0.6) is 0 Å². The van der Waals surface area contributed by atoms with Gasteiger partial charge >= 0.3 is 0 Å². The fourth-order valence-corrected chi connectivity index (χ4v) is 3.15. The molecule has 0 saturated heterocycles. The molecule has 0 radical (unpaired) electrons. The molecular weight excluding hydrogens is 271 g/mol. The summed E-state index contributed by atoms with van der Waals surface area (Å²) in [6.07, 6.45) is 20.2. The molecule has 0 aromatic carbocycles. The van der Waals surface area contributed by atoms with Crippen LogP contribution in [-0.4, -0.2) is 5.66 Å². The number of unbranched alkanes of at least 4 members (excludes halogenated alkanes) is 10. The molecule has 0 saturated carbocycles. The van der Waals surface area contributed by atoms with Crippen LogP contribution < -0.4 is 0 Å². The first-order chi connectivity index (χ1) is 8.81. The highest BCUT2D eigenvalue weighted by atomic mass is 35.5. The SMILES string of the molecule is CCCCCCCCCCCCCC(P)CCC.Cl. The van der Waals surface area contributed by atoms with E-state index in [-0.39, 0.29) is 12.4 Å². The summed E-state index contributed by atoms with van der Waals surface area (Å²) in [5.74, 6) is 0. The van der Waals surface area contributed by atoms with Crippen LogP contribution in [0.15, 0.2) is 0 Å². The Bertz CT molecular complexity index is 150. The molecule has 0 aliphatic heterocycles. The van der Waals surface area contributed by atoms with Crippen LogP contribution in [0, 0.1) is 0 Å². The van der Waals surface area contributed by atoms with Crippen molar-refractivity contribution in [2.75, 3.05) is 0 Å². The molecule has 0 aliphatic carbocycles. The molecule has 0 nitrogen and oxygen atoms in total. The minimum absolute atomic E-state index is 0. The minimum atomic E-state index is 0. The van der Waals surface area contributed by atoms with E-state index in [9.17, 15) is 0 Å². The Balaban J connectivity index is 0. The van der Waals surface area contributed by atoms with E-state index in [0.717, 1.165) is 5.66 Å². The Hall–Kier alpha value is 0.720. The number of halogens is 1. The van der Waals surface area contributed by atoms with Gasteiger partial charge in [-0.25, -0.2) is 0 Å². The van der Waals surface area contributed by atoms with Crippen LogP contribution in [-0.2, 0) is 0 Å². The molecule has 0 aliphatic rings. The summed E-state index contributed by atoms with van der Waals surface area (Å²) in [6, 6.07) is 0. The van der Waals surface area contributed by atoms with Crippen molar-refractivity contribution in [3.63, 3.8) is 0 Å². The minimum Gasteiger partial charge on any atom is -0.147 e. The van der Waals surface area contributed by atoms with Crippen molar-refractivity contribution in [2.45, 2.75) is 109 Å². The fraction of sp³-hybridized carbons (Fsp3) is 1.00. The van der Waals surface area contributed by atoms with Gasteiger partial charge in [0.25, 0.3) is 0 Å². The van der Waals surface area contributed by atoms with Crippen molar-refractivity contribution in [2.24, 2.45) is 0 Å². The van der Waals surface area contributed by atoms with Gasteiger partial charge in [0.15, 0.2) is 0 Å². The molecule has 0 amide bonds. The second-order valence-electron chi connectivity index (χ2n) is 5.87. The van der Waals surface area contributed by atoms with E-state index in [1.54, 1.807) is 0 Å². The van der Waals surface area contributed by atoms with Crippen molar-refractivity contribution in [3.8, 4) is 0 Å². The van der Waals surface area contributed by atoms with Crippen LogP contribution in [0.1, 0.15) is 104 Å². The third-order valence-corrected chi connectivity index (χ3v) is 4.50. The lowest BCUT2D eigenvalue weighted by atomic mass is 10.0. The molecule has 0 N–H and O–H groups in total. The highest BCUT2D eigenvalue weighted by molar-refractivity contribution is 7.17. The number of rotatable bonds is 14. The van der Waals surface area contributed by atoms with E-state index in [1.807, 2.05) is 0 Å². The maximum atomic E-state index is 3.01. The average molecular weight is 309 g/mol. The Morgan fingerprint density at radius 2 is 1.00 bits per heavy atom. The second-order valence-corrected chi connectivity index (χ2v) is 6.82. The van der Waals surface area contributed by atoms with E-state index in [4.69, 9.17) is 0 Å². The zero-order valence-corrected chi connectivity index (χ0v) is 15.4. The summed E-state index contributed by atoms with van der Waals surface area (Å²) in [7, 11) is 3.01. The summed E-state index contributed by atoms with van der Waals surface area (Å²) in [4.78, 5) is 0. The highest BCUT2D eigenvalue weighted by Gasteiger charge is 2.00. The molecule has 0 bridgehead atoms. The van der Waals surface area contributed by atoms with Gasteiger partial charge in [0, 0.05) is 0 Å². The Labute approximate surface area is 131 Å². The van der Waals surface area contributed by atoms with Gasteiger partial charge in [-0.15, -0.1) is 21.6 Å². The van der Waals surface area contributed by atoms with E-state index >= 15 is 0 Å². The Morgan fingerprint density at radius 3 is 1.42 bits per heavy atom. The lowest BCUT2D eigenvalue weighted by Crippen LogP contribution is -1.96. The third-order valence-electron chi connectivity index (χ3n) is 3.84. The third kappa shape index (κ3) is 18.7. The molecule has 0 fully saturated rings. The fourth-order valence-electron chi connectivity index (χ4n) is 2.59. The predicted octanol–water partition coefficient (Wildman–Crippen LogP) is 7.15. The molecule has 0 heterocycles. The standard InChI is InChI=1S/C17H37P.ClH/c1-3-5-6-7-8-9-10-11-12-13-14-16-17(18)15-4-2;/h17H,3-16,18H2,1-2H3;1H. The van der Waals surface area contributed by atoms with Crippen molar-refractivity contribution in [1.29, 1.82) is 0 Å². The molecular formula is C17H38ClP. The van der Waals surface area contributed by atoms with Crippen LogP contribution in [0.3, 0.4) is 0 Å². The first-order valence-electron chi connectivity index (χ1n) is 8.56. The van der Waals surface area contributed by atoms with Gasteiger partial charge in [-0.05, 0) is 18.5 Å². The normalized spacial score (nSPS) is 12.2. The summed E-state index contributed by atoms with van der Waals surface area (Å²) < 4.78 is 0. The molecule has 0 spiro atoms. The van der Waals surface area contributed by atoms with Gasteiger partial charge in [0.1, 0.15) is 0 Å². The van der Waals surface area contributed by atoms with Gasteiger partial charge < -0.3 is 0 Å². The second kappa shape index (κ2) is 18.7. The summed E-state index contributed by atoms with van der Waals surface area (Å²) in [5.41, 5.74) is 0.883. The smallest absolute Gasteiger partial charge is 0.0264 e. The van der Waals surface area contributed by atoms with Gasteiger partial charge in [0.05, 0.1) is 0 Å². The molecule has 2 unspecified atom stereocenters. The molecule has 19 heavy (non-hydrogen) atoms. The maximum Gasteiger partial charge on any atom is -0.0264 e. The highest BCUT2D eigenvalue weighted by Crippen LogP contribution is 2.17. The van der Waals surface area contributed by atoms with E-state index in [2.05, 4.69) is 23.1 Å². The molecule has 0 aromatic rings. The first-order valence-corrected chi connectivity index (χ1v) is 9.23. The lowest BCUT2D eigenvalue weighted by Gasteiger charge is -2.09. The molecule has 118 valence electrons. The van der Waals surface area contributed by atoms with Crippen LogP contribution in [0.4, 0.5) is 0 Å². The van der Waals surface area contributed by atoms with E-state index in [0.29, 0.717) is 0 Å². The van der Waals surface area contributed by atoms with Gasteiger partial charge in [-0.3, -0.25) is 0 Å². The van der Waals surface area contributed by atoms with E-state index in [1.165, 1.54) is 89.9 Å². The van der Waals surface area contributed by atoms with Gasteiger partial charge in [0.2, 0.25) is 0 Å². The molecule has 2 atom stereocenters. The van der Waals surface area contributed by atoms with Crippen molar-refractivity contribution >= 4 is 21.6 Å². The average Bonchev–Trinajstić information content (AvgIpc) is 2.36. The topological polar surface area (TPSA) is 0 Å². The summed E-state index contributed by atoms with van der Waals surface area (Å²) in [5, 5.41) is 0. The summed E-state index contributed by atoms with van der Waals surface area (Å²) in [6.45, 7) is 4.58. The van der Waals surface area contributed by atoms with Gasteiger partial charge in [-0.1, -0.05) is 90.9 Å². The van der Waals surface area contributed by atoms with Gasteiger partial charge in [-0.2, -0.15) is 0 Å². The number of hydrogen-bond donors (Lipinski definition) is 0. The Morgan fingerprint density at radius 1 is 0.579 bits per heavy atom. The van der Waals surface area contributed by atoms with Crippen LogP contribution >= 0.6 is 21.6 Å². The lowest BCUT2D eigenvalue weighted by molar-refractivity contribution is 0.537. The van der Waals surface area contributed by atoms with E-state index < -0.39 is 0 Å². The monoisotopic (exact) mass is 308 g/mol. The van der Waals surface area contributed by atoms with Crippen molar-refractivity contribution in [3.05, 3.63) is 0 Å². The van der Waals surface area contributed by atoms with Crippen LogP contribution in [0.2, 0.25) is 0 Å². The largest absolute Gasteiger partial charge is 0.147 e. The predicted molar refractivity (Wildman–Crippen MR) is 96.7 cm³/mol. The zero-order chi connectivity index (χ0) is 13.5. The number of hydrogen-bond acceptors (Lipinski definition) is 0. The maximum absolute atomic E-state index is 3.01. The molecule has 0 rings (SSSR count). The van der Waals surface area contributed by atoms with Crippen molar-refractivity contribution in [1.82, 2.24) is 0 Å². The van der Waals surface area contributed by atoms with Crippen LogP contribution in [0.25, 0.3) is 0 Å². The molecule has 0 aromatic heterocycles. The zero-order valence-electron chi connectivity index (χ0n) is 13.5. The Kier molecular flexibility index (Phi) is 21.7. The van der Waals surface area contributed by atoms with Crippen molar-refractivity contribution < 1.29 is 0 Å². The first kappa shape index (κ1) is 22.0. The summed E-state index contributed by atoms with van der Waals surface area (Å²) >= 11 is 0. The molecule has 2 heteroatoms.